The molecule has 6 unspecified atom stereocenters. The molecule has 2 aromatic carbocycles. The predicted molar refractivity (Wildman–Crippen MR) is 208 cm³/mol. The number of primary amides is 1. The number of nitrogens with two attached hydrogens (primary N) is 2. The number of carbonyl (C=O) groups excluding carboxylic acids is 5. The van der Waals surface area contributed by atoms with Crippen molar-refractivity contribution in [3.05, 3.63) is 108 Å². The topological polar surface area (TPSA) is 230 Å². The molecule has 56 heavy (non-hydrogen) atoms. The molecule has 5 amide bonds. The molecule has 0 spiro atoms. The first-order valence-corrected chi connectivity index (χ1v) is 17.6. The van der Waals surface area contributed by atoms with Crippen molar-refractivity contribution in [1.29, 1.82) is 0 Å². The second kappa shape index (κ2) is 36.5. The van der Waals surface area contributed by atoms with Gasteiger partial charge in [0.15, 0.2) is 0 Å². The fourth-order valence-electron chi connectivity index (χ4n) is 4.45. The molecule has 0 aliphatic heterocycles. The summed E-state index contributed by atoms with van der Waals surface area (Å²) in [6.45, 7) is 21.9. The average molecular weight is 850 g/mol. The van der Waals surface area contributed by atoms with E-state index in [2.05, 4.69) is 40.5 Å². The van der Waals surface area contributed by atoms with E-state index in [4.69, 9.17) is 18.0 Å². The summed E-state index contributed by atoms with van der Waals surface area (Å²) in [4.78, 5) is 65.1. The maximum atomic E-state index is 13.8. The van der Waals surface area contributed by atoms with Crippen LogP contribution >= 0.6 is 0 Å². The molecule has 2 aromatic rings. The number of amides is 5. The molecular formula is C40H56K3N6O7-. The minimum Gasteiger partial charge on any atom is -0.642 e. The van der Waals surface area contributed by atoms with Crippen LogP contribution in [0.4, 0.5) is 0 Å². The second-order valence-electron chi connectivity index (χ2n) is 11.7. The Labute approximate surface area is 461 Å². The van der Waals surface area contributed by atoms with Crippen LogP contribution in [0.25, 0.3) is 16.2 Å². The Hall–Kier alpha value is -0.361. The van der Waals surface area contributed by atoms with E-state index in [1.807, 2.05) is 20.8 Å². The Bertz CT molecular complexity index is 1470. The molecule has 0 aliphatic carbocycles. The first-order chi connectivity index (χ1) is 25.2. The van der Waals surface area contributed by atoms with Gasteiger partial charge in [0.1, 0.15) is 11.8 Å². The van der Waals surface area contributed by atoms with Gasteiger partial charge in [-0.05, 0) is 56.0 Å². The van der Waals surface area contributed by atoms with E-state index < -0.39 is 65.8 Å². The van der Waals surface area contributed by atoms with Gasteiger partial charge in [0.25, 0.3) is 0 Å². The summed E-state index contributed by atoms with van der Waals surface area (Å²) in [5.41, 5.74) is 12.4. The smallest absolute Gasteiger partial charge is 0.642 e. The fraction of sp³-hybridized carbons (Fsp3) is 0.425. The quantitative estimate of drug-likeness (QED) is 0.0430. The number of aliphatic hydroxyl groups excluding tert-OH is 1. The molecule has 0 aromatic heterocycles. The Morgan fingerprint density at radius 2 is 1.48 bits per heavy atom. The number of hydrogen-bond donors (Lipinski definition) is 6. The Kier molecular flexibility index (Phi) is 40.6. The molecule has 0 fully saturated rings. The van der Waals surface area contributed by atoms with E-state index in [0.717, 1.165) is 0 Å². The number of allylic oxidation sites excluding steroid dienone is 2. The molecule has 292 valence electrons. The Morgan fingerprint density at radius 1 is 0.911 bits per heavy atom. The van der Waals surface area contributed by atoms with E-state index in [1.165, 1.54) is 19.1 Å². The second-order valence-corrected chi connectivity index (χ2v) is 11.7. The largest absolute Gasteiger partial charge is 1.00 e. The van der Waals surface area contributed by atoms with Gasteiger partial charge in [0.2, 0.25) is 17.7 Å². The van der Waals surface area contributed by atoms with Crippen molar-refractivity contribution in [1.82, 2.24) is 10.6 Å². The van der Waals surface area contributed by atoms with Crippen LogP contribution in [0.5, 0.6) is 5.75 Å². The fourth-order valence-corrected chi connectivity index (χ4v) is 4.45. The van der Waals surface area contributed by atoms with Crippen LogP contribution < -0.4 is 176 Å². The van der Waals surface area contributed by atoms with Crippen LogP contribution in [0.3, 0.4) is 0 Å². The molecule has 16 heteroatoms. The van der Waals surface area contributed by atoms with Crippen LogP contribution in [0.2, 0.25) is 0 Å². The third-order valence-electron chi connectivity index (χ3n) is 7.46. The summed E-state index contributed by atoms with van der Waals surface area (Å²) in [5, 5.41) is 32.6. The zero-order chi connectivity index (χ0) is 40.5. The number of nitrogens with zero attached hydrogens (tertiary/aromatic N) is 2. The van der Waals surface area contributed by atoms with Crippen molar-refractivity contribution < 1.29 is 188 Å². The van der Waals surface area contributed by atoms with E-state index in [-0.39, 0.29) is 191 Å². The first kappa shape index (κ1) is 62.3. The van der Waals surface area contributed by atoms with E-state index in [9.17, 15) is 34.2 Å². The Balaban J connectivity index is -0.00000141. The van der Waals surface area contributed by atoms with Crippen molar-refractivity contribution in [2.24, 2.45) is 11.5 Å². The van der Waals surface area contributed by atoms with Gasteiger partial charge in [-0.2, -0.15) is 12.1 Å². The SMILES string of the molecule is C=CC=C.CC.[CH-]=C(CC(NC(=O)C(Cc1ccc(O)cc1)[N-]C(=O)C(N)CC)C(=O)NC(CCCC)C(=O)[N-]C(C(N)=O)C(C)O)c1[c-]cccc1.[K+].[K+].[K+]. The van der Waals surface area contributed by atoms with E-state index >= 15 is 0 Å². The number of hydrogen-bond acceptors (Lipinski definition) is 8. The van der Waals surface area contributed by atoms with Gasteiger partial charge in [-0.15, -0.1) is 6.07 Å². The summed E-state index contributed by atoms with van der Waals surface area (Å²) in [7, 11) is 0. The third-order valence-corrected chi connectivity index (χ3v) is 7.46. The number of phenols is 1. The number of benzene rings is 2. The number of rotatable bonds is 20. The van der Waals surface area contributed by atoms with E-state index in [0.29, 0.717) is 24.0 Å². The number of phenolic OH excluding ortho intramolecular Hbond substituents is 1. The van der Waals surface area contributed by atoms with Crippen molar-refractivity contribution in [2.45, 2.75) is 109 Å². The zero-order valence-corrected chi connectivity index (χ0v) is 43.8. The molecule has 0 heterocycles. The van der Waals surface area contributed by atoms with Gasteiger partial charge in [-0.3, -0.25) is 20.0 Å². The van der Waals surface area contributed by atoms with Crippen LogP contribution in [0.15, 0.2) is 73.8 Å². The van der Waals surface area contributed by atoms with Gasteiger partial charge in [0, 0.05) is 12.1 Å². The number of aromatic hydroxyl groups is 1. The first-order valence-electron chi connectivity index (χ1n) is 17.6. The Morgan fingerprint density at radius 3 is 1.95 bits per heavy atom. The van der Waals surface area contributed by atoms with Crippen molar-refractivity contribution in [2.75, 3.05) is 0 Å². The van der Waals surface area contributed by atoms with Gasteiger partial charge >= 0.3 is 154 Å². The summed E-state index contributed by atoms with van der Waals surface area (Å²) in [6.07, 6.45) is 3.25. The minimum atomic E-state index is -1.52. The number of unbranched alkanes of at least 4 members (excludes halogenated alkanes) is 1. The molecule has 8 N–H and O–H groups in total. The van der Waals surface area contributed by atoms with Crippen LogP contribution in [0.1, 0.15) is 77.8 Å². The standard InChI is InChI=1S/C34H46N6O7.C4H6.C2H6.3K/c1-5-7-13-26(32(45)40-29(21(4)41)30(36)43)37-33(46)27(18-20(3)23-11-9-8-10-12-23)39-34(47)28(38-31(44)25(35)6-2)19-22-14-16-24(42)17-15-22;1-3-4-2;1-2;;;/h3,8-11,14-17,21,25-29,41H,5-7,13,18-19,35H2,1-2,4H3,(H7,36,37,38,39,40,42,43,44,45,46,47);3-4H,1-2H2;1-2H3;;;/q-2;;;3*+1/p-2. The molecule has 6 atom stereocenters. The number of nitrogens with one attached hydrogen (secondary N) is 2. The van der Waals surface area contributed by atoms with Crippen LogP contribution in [-0.2, 0) is 30.4 Å². The number of carbonyl (C=O) groups is 5. The molecule has 0 saturated carbocycles. The zero-order valence-electron chi connectivity index (χ0n) is 34.5. The van der Waals surface area contributed by atoms with Gasteiger partial charge < -0.3 is 64.7 Å². The predicted octanol–water partition coefficient (Wildman–Crippen LogP) is -4.66. The van der Waals surface area contributed by atoms with Crippen LogP contribution in [0, 0.1) is 12.6 Å². The van der Waals surface area contributed by atoms with Crippen molar-refractivity contribution in [3.63, 3.8) is 0 Å². The molecule has 0 saturated heterocycles. The summed E-state index contributed by atoms with van der Waals surface area (Å²) < 4.78 is 0. The molecular weight excluding hydrogens is 794 g/mol. The van der Waals surface area contributed by atoms with Gasteiger partial charge in [-0.25, -0.2) is 12.1 Å². The van der Waals surface area contributed by atoms with Gasteiger partial charge in [0.05, 0.1) is 17.9 Å². The van der Waals surface area contributed by atoms with E-state index in [1.54, 1.807) is 55.5 Å². The molecule has 13 nitrogen and oxygen atoms in total. The van der Waals surface area contributed by atoms with Gasteiger partial charge in [-0.1, -0.05) is 84.4 Å². The normalized spacial score (nSPS) is 12.8. The maximum absolute atomic E-state index is 13.8. The minimum absolute atomic E-state index is 0. The third kappa shape index (κ3) is 25.3. The van der Waals surface area contributed by atoms with Crippen molar-refractivity contribution >= 4 is 35.1 Å². The van der Waals surface area contributed by atoms with Crippen molar-refractivity contribution in [3.8, 4) is 5.75 Å². The summed E-state index contributed by atoms with van der Waals surface area (Å²) in [5.74, 6) is -4.18. The molecule has 2 rings (SSSR count). The molecule has 0 bridgehead atoms. The number of aliphatic hydroxyl groups is 1. The molecule has 0 radical (unpaired) electrons. The summed E-state index contributed by atoms with van der Waals surface area (Å²) in [6, 6.07) is 9.35. The van der Waals surface area contributed by atoms with Crippen LogP contribution in [-0.4, -0.2) is 76.1 Å². The maximum Gasteiger partial charge on any atom is 1.00 e. The average Bonchev–Trinajstić information content (AvgIpc) is 3.15. The molecule has 0 aliphatic rings. The summed E-state index contributed by atoms with van der Waals surface area (Å²) >= 11 is 0. The monoisotopic (exact) mass is 849 g/mol.